The molecule has 0 unspecified atom stereocenters. The van der Waals surface area contributed by atoms with Gasteiger partial charge in [-0.3, -0.25) is 0 Å². The summed E-state index contributed by atoms with van der Waals surface area (Å²) in [4.78, 5) is 0. The summed E-state index contributed by atoms with van der Waals surface area (Å²) in [6.07, 6.45) is -31.9. The van der Waals surface area contributed by atoms with E-state index in [1.165, 1.54) is 69.8 Å². The second kappa shape index (κ2) is 17.3. The Morgan fingerprint density at radius 1 is 0.303 bits per heavy atom. The van der Waals surface area contributed by atoms with Crippen LogP contribution in [0.25, 0.3) is 88.4 Å². The molecule has 10 rings (SSSR count). The van der Waals surface area contributed by atoms with E-state index in [9.17, 15) is 84.3 Å². The van der Waals surface area contributed by atoms with Crippen molar-refractivity contribution >= 4 is 43.6 Å². The zero-order valence-corrected chi connectivity index (χ0v) is 37.6. The number of fused-ring (bicyclic) bond motifs is 6. The van der Waals surface area contributed by atoms with Gasteiger partial charge in [-0.15, -0.1) is 0 Å². The molecule has 76 heavy (non-hydrogen) atoms. The van der Waals surface area contributed by atoms with E-state index in [-0.39, 0.29) is 73.5 Å². The Balaban J connectivity index is 1.35. The van der Waals surface area contributed by atoms with Crippen LogP contribution < -0.4 is 0 Å². The summed E-state index contributed by atoms with van der Waals surface area (Å²) in [5.74, 6) is 0. The molecule has 0 saturated carbocycles. The smallest absolute Gasteiger partial charge is 0.308 e. The van der Waals surface area contributed by atoms with Gasteiger partial charge in [-0.2, -0.15) is 84.3 Å². The molecule has 0 aliphatic heterocycles. The van der Waals surface area contributed by atoms with Crippen LogP contribution in [-0.2, 0) is 37.1 Å². The minimum atomic E-state index is -5.39. The molecule has 0 aliphatic rings. The van der Waals surface area contributed by atoms with E-state index >= 15 is 0 Å². The first-order chi connectivity index (χ1) is 35.4. The lowest BCUT2D eigenvalue weighted by atomic mass is 9.95. The maximum Gasteiger partial charge on any atom is 0.417 e. The molecule has 21 heteroatoms. The van der Waals surface area contributed by atoms with E-state index in [2.05, 4.69) is 0 Å². The molecule has 0 radical (unpaired) electrons. The standard InChI is InChI=1S/C55H25F18N3/c56-50(57,58)31-11-15-35(42(24-31)54(68,69)70)27-9-13-39-37-5-1-3-7-44(37)75(46(39)19-27)48-21-30(29-17-33(52(62,63)64)23-34(18-29)53(65,66)67)22-49(41(48)26-74)76-45-8-4-2-6-38(45)40-14-10-28(20-47(40)76)36-16-12-32(51(59,60)61)25-43(36)55(71,72)73/h1-25H. The van der Waals surface area contributed by atoms with Crippen molar-refractivity contribution in [3.05, 3.63) is 191 Å². The third-order valence-electron chi connectivity index (χ3n) is 12.9. The van der Waals surface area contributed by atoms with E-state index in [1.807, 2.05) is 6.07 Å². The fourth-order valence-corrected chi connectivity index (χ4v) is 9.58. The quantitative estimate of drug-likeness (QED) is 0.158. The largest absolute Gasteiger partial charge is 0.417 e. The minimum absolute atomic E-state index is 0.0714. The third kappa shape index (κ3) is 8.88. The average Bonchev–Trinajstić information content (AvgIpc) is 3.89. The summed E-state index contributed by atoms with van der Waals surface area (Å²) in [5.41, 5.74) is -14.4. The maximum absolute atomic E-state index is 14.6. The number of rotatable bonds is 5. The molecule has 0 spiro atoms. The molecule has 0 aliphatic carbocycles. The molecule has 8 aromatic carbocycles. The Labute approximate surface area is 414 Å². The summed E-state index contributed by atoms with van der Waals surface area (Å²) in [6.45, 7) is 0. The first-order valence-corrected chi connectivity index (χ1v) is 22.0. The third-order valence-corrected chi connectivity index (χ3v) is 12.9. The predicted octanol–water partition coefficient (Wildman–Crippen LogP) is 18.9. The Hall–Kier alpha value is -8.41. The van der Waals surface area contributed by atoms with E-state index in [0.29, 0.717) is 47.2 Å². The summed E-state index contributed by atoms with van der Waals surface area (Å²) in [7, 11) is 0. The molecule has 386 valence electrons. The van der Waals surface area contributed by atoms with Gasteiger partial charge in [0.05, 0.1) is 66.8 Å². The molecule has 0 fully saturated rings. The van der Waals surface area contributed by atoms with Crippen LogP contribution in [0.3, 0.4) is 0 Å². The summed E-state index contributed by atoms with van der Waals surface area (Å²) in [5, 5.41) is 12.4. The van der Waals surface area contributed by atoms with Gasteiger partial charge >= 0.3 is 37.1 Å². The molecule has 10 aromatic rings. The monoisotopic (exact) mass is 1070 g/mol. The highest BCUT2D eigenvalue weighted by Crippen LogP contribution is 2.48. The second-order valence-electron chi connectivity index (χ2n) is 17.5. The second-order valence-corrected chi connectivity index (χ2v) is 17.5. The number of hydrogen-bond acceptors (Lipinski definition) is 1. The van der Waals surface area contributed by atoms with Gasteiger partial charge in [-0.25, -0.2) is 0 Å². The number of alkyl halides is 18. The van der Waals surface area contributed by atoms with Crippen molar-refractivity contribution in [2.24, 2.45) is 0 Å². The van der Waals surface area contributed by atoms with E-state index < -0.39 is 98.3 Å². The molecule has 3 nitrogen and oxygen atoms in total. The van der Waals surface area contributed by atoms with Crippen molar-refractivity contribution in [3.63, 3.8) is 0 Å². The first-order valence-electron chi connectivity index (χ1n) is 22.0. The number of benzene rings is 8. The van der Waals surface area contributed by atoms with Crippen LogP contribution in [-0.4, -0.2) is 9.13 Å². The van der Waals surface area contributed by atoms with Crippen molar-refractivity contribution in [1.29, 1.82) is 5.26 Å². The Kier molecular flexibility index (Phi) is 11.6. The van der Waals surface area contributed by atoms with E-state index in [0.717, 1.165) is 24.3 Å². The molecular weight excluding hydrogens is 1040 g/mol. The summed E-state index contributed by atoms with van der Waals surface area (Å²) < 4.78 is 260. The lowest BCUT2D eigenvalue weighted by Crippen LogP contribution is -2.12. The topological polar surface area (TPSA) is 33.6 Å². The van der Waals surface area contributed by atoms with Crippen LogP contribution in [0, 0.1) is 11.3 Å². The van der Waals surface area contributed by atoms with E-state index in [1.54, 1.807) is 12.1 Å². The zero-order valence-electron chi connectivity index (χ0n) is 37.6. The van der Waals surface area contributed by atoms with Crippen molar-refractivity contribution < 1.29 is 79.0 Å². The van der Waals surface area contributed by atoms with Crippen LogP contribution in [0.1, 0.15) is 38.9 Å². The Morgan fingerprint density at radius 2 is 0.658 bits per heavy atom. The summed E-state index contributed by atoms with van der Waals surface area (Å²) in [6, 6.07) is 26.0. The van der Waals surface area contributed by atoms with Crippen molar-refractivity contribution in [2.45, 2.75) is 37.1 Å². The lowest BCUT2D eigenvalue weighted by molar-refractivity contribution is -0.144. The molecule has 0 atom stereocenters. The highest BCUT2D eigenvalue weighted by atomic mass is 19.4. The van der Waals surface area contributed by atoms with Gasteiger partial charge < -0.3 is 9.13 Å². The summed E-state index contributed by atoms with van der Waals surface area (Å²) >= 11 is 0. The first kappa shape index (κ1) is 51.1. The molecule has 2 heterocycles. The normalized spacial score (nSPS) is 13.1. The van der Waals surface area contributed by atoms with Crippen molar-refractivity contribution in [3.8, 4) is 50.8 Å². The molecule has 0 saturated heterocycles. The van der Waals surface area contributed by atoms with Gasteiger partial charge in [0.25, 0.3) is 0 Å². The fourth-order valence-electron chi connectivity index (χ4n) is 9.58. The molecule has 0 amide bonds. The van der Waals surface area contributed by atoms with Gasteiger partial charge in [0.1, 0.15) is 11.6 Å². The highest BCUT2D eigenvalue weighted by Gasteiger charge is 2.41. The number of hydrogen-bond donors (Lipinski definition) is 0. The Morgan fingerprint density at radius 3 is 1.01 bits per heavy atom. The number of halogens is 18. The molecule has 2 aromatic heterocycles. The molecule has 0 N–H and O–H groups in total. The highest BCUT2D eigenvalue weighted by molar-refractivity contribution is 6.12. The van der Waals surface area contributed by atoms with Crippen molar-refractivity contribution in [1.82, 2.24) is 9.13 Å². The average molecular weight is 1070 g/mol. The minimum Gasteiger partial charge on any atom is -0.308 e. The van der Waals surface area contributed by atoms with Crippen LogP contribution in [0.5, 0.6) is 0 Å². The number of nitriles is 1. The predicted molar refractivity (Wildman–Crippen MR) is 246 cm³/mol. The number of aromatic nitrogens is 2. The van der Waals surface area contributed by atoms with Crippen molar-refractivity contribution in [2.75, 3.05) is 0 Å². The number of nitrogens with zero attached hydrogens (tertiary/aromatic N) is 3. The number of para-hydroxylation sites is 2. The molecule has 0 bridgehead atoms. The SMILES string of the molecule is N#Cc1c(-n2c3ccccc3c3ccc(-c4ccc(C(F)(F)F)cc4C(F)(F)F)cc32)cc(-c2cc(C(F)(F)F)cc(C(F)(F)F)c2)cc1-n1c2ccccc2c2ccc(-c3ccc(C(F)(F)F)cc3C(F)(F)F)cc21. The van der Waals surface area contributed by atoms with Gasteiger partial charge in [-0.05, 0) is 112 Å². The fraction of sp³-hybridized carbons (Fsp3) is 0.109. The van der Waals surface area contributed by atoms with Gasteiger partial charge in [-0.1, -0.05) is 72.8 Å². The van der Waals surface area contributed by atoms with Crippen LogP contribution >= 0.6 is 0 Å². The van der Waals surface area contributed by atoms with Crippen LogP contribution in [0.4, 0.5) is 79.0 Å². The lowest BCUT2D eigenvalue weighted by Gasteiger charge is -2.20. The van der Waals surface area contributed by atoms with E-state index in [4.69, 9.17) is 0 Å². The van der Waals surface area contributed by atoms with Gasteiger partial charge in [0, 0.05) is 21.5 Å². The van der Waals surface area contributed by atoms with Crippen LogP contribution in [0.2, 0.25) is 0 Å². The zero-order chi connectivity index (χ0) is 54.8. The Bertz CT molecular complexity index is 3790. The maximum atomic E-state index is 14.6. The molecular formula is C55H25F18N3. The van der Waals surface area contributed by atoms with Gasteiger partial charge in [0.2, 0.25) is 0 Å². The van der Waals surface area contributed by atoms with Crippen LogP contribution in [0.15, 0.2) is 152 Å². The van der Waals surface area contributed by atoms with Gasteiger partial charge in [0.15, 0.2) is 0 Å².